The first kappa shape index (κ1) is 17.9. The molecule has 0 bridgehead atoms. The van der Waals surface area contributed by atoms with E-state index >= 15 is 0 Å². The lowest BCUT2D eigenvalue weighted by atomic mass is 9.98. The van der Waals surface area contributed by atoms with Crippen molar-refractivity contribution in [3.63, 3.8) is 0 Å². The van der Waals surface area contributed by atoms with Crippen molar-refractivity contribution in [3.8, 4) is 11.1 Å². The highest BCUT2D eigenvalue weighted by molar-refractivity contribution is 6.02. The highest BCUT2D eigenvalue weighted by Crippen LogP contribution is 2.44. The van der Waals surface area contributed by atoms with Crippen molar-refractivity contribution >= 4 is 11.9 Å². The van der Waals surface area contributed by atoms with Gasteiger partial charge in [-0.3, -0.25) is 0 Å². The monoisotopic (exact) mass is 373 g/mol. The average Bonchev–Trinajstić information content (AvgIpc) is 3.05. The molecule has 1 aliphatic rings. The van der Waals surface area contributed by atoms with Crippen LogP contribution in [-0.2, 0) is 11.3 Å². The molecule has 0 aliphatic heterocycles. The van der Waals surface area contributed by atoms with Gasteiger partial charge in [-0.2, -0.15) is 0 Å². The Balaban J connectivity index is 1.62. The van der Waals surface area contributed by atoms with Gasteiger partial charge in [0, 0.05) is 12.5 Å². The number of carbonyl (C=O) groups is 2. The number of fused-ring (bicyclic) bond motifs is 3. The van der Waals surface area contributed by atoms with E-state index in [9.17, 15) is 14.7 Å². The van der Waals surface area contributed by atoms with Crippen LogP contribution in [0, 0.1) is 0 Å². The van der Waals surface area contributed by atoms with Crippen LogP contribution in [0.2, 0.25) is 0 Å². The molecule has 0 amide bonds. The Hall–Kier alpha value is -3.44. The number of aromatic carboxylic acids is 1. The molecule has 0 radical (unpaired) electrons. The standard InChI is InChI=1S/C23H19NO4/c24-12-14-9-10-19(22(25)26)20(11-14)23(27)28-13-21-17-7-3-1-5-15(17)16-6-2-4-8-18(16)21/h1-11,21H,12-13,24H2,(H,25,26). The van der Waals surface area contributed by atoms with Crippen LogP contribution in [0.15, 0.2) is 66.7 Å². The summed E-state index contributed by atoms with van der Waals surface area (Å²) in [6.07, 6.45) is 0. The summed E-state index contributed by atoms with van der Waals surface area (Å²) < 4.78 is 5.57. The molecule has 0 spiro atoms. The van der Waals surface area contributed by atoms with E-state index in [1.807, 2.05) is 36.4 Å². The van der Waals surface area contributed by atoms with Crippen LogP contribution < -0.4 is 5.73 Å². The van der Waals surface area contributed by atoms with Gasteiger partial charge in [-0.15, -0.1) is 0 Å². The lowest BCUT2D eigenvalue weighted by Gasteiger charge is -2.15. The SMILES string of the molecule is NCc1ccc(C(=O)O)c(C(=O)OCC2c3ccccc3-c3ccccc32)c1. The quantitative estimate of drug-likeness (QED) is 0.664. The normalized spacial score (nSPS) is 12.3. The second-order valence-electron chi connectivity index (χ2n) is 6.71. The lowest BCUT2D eigenvalue weighted by molar-refractivity contribution is 0.0483. The first-order valence-corrected chi connectivity index (χ1v) is 9.01. The third kappa shape index (κ3) is 3.06. The summed E-state index contributed by atoms with van der Waals surface area (Å²) in [7, 11) is 0. The summed E-state index contributed by atoms with van der Waals surface area (Å²) in [6.45, 7) is 0.350. The van der Waals surface area contributed by atoms with E-state index in [4.69, 9.17) is 10.5 Å². The van der Waals surface area contributed by atoms with Crippen molar-refractivity contribution < 1.29 is 19.4 Å². The van der Waals surface area contributed by atoms with Crippen molar-refractivity contribution in [1.82, 2.24) is 0 Å². The van der Waals surface area contributed by atoms with Gasteiger partial charge < -0.3 is 15.6 Å². The Morgan fingerprint density at radius 2 is 1.50 bits per heavy atom. The molecule has 3 N–H and O–H groups in total. The minimum Gasteiger partial charge on any atom is -0.478 e. The smallest absolute Gasteiger partial charge is 0.339 e. The maximum Gasteiger partial charge on any atom is 0.339 e. The number of rotatable bonds is 5. The molecule has 0 fully saturated rings. The Bertz CT molecular complexity index is 1030. The fourth-order valence-electron chi connectivity index (χ4n) is 3.75. The third-order valence-corrected chi connectivity index (χ3v) is 5.11. The van der Waals surface area contributed by atoms with Gasteiger partial charge in [-0.25, -0.2) is 9.59 Å². The van der Waals surface area contributed by atoms with E-state index in [1.165, 1.54) is 12.1 Å². The number of carboxylic acids is 1. The highest BCUT2D eigenvalue weighted by atomic mass is 16.5. The van der Waals surface area contributed by atoms with Gasteiger partial charge >= 0.3 is 11.9 Å². The summed E-state index contributed by atoms with van der Waals surface area (Å²) in [5.41, 5.74) is 10.7. The van der Waals surface area contributed by atoms with Crippen molar-refractivity contribution in [2.24, 2.45) is 5.73 Å². The molecule has 5 heteroatoms. The molecular formula is C23H19NO4. The molecule has 0 aromatic heterocycles. The van der Waals surface area contributed by atoms with Gasteiger partial charge in [0.2, 0.25) is 0 Å². The van der Waals surface area contributed by atoms with Gasteiger partial charge in [-0.05, 0) is 39.9 Å². The zero-order valence-corrected chi connectivity index (χ0v) is 15.1. The second kappa shape index (κ2) is 7.29. The molecule has 1 aliphatic carbocycles. The van der Waals surface area contributed by atoms with Crippen molar-refractivity contribution in [1.29, 1.82) is 0 Å². The van der Waals surface area contributed by atoms with Crippen LogP contribution in [0.1, 0.15) is 43.3 Å². The number of nitrogens with two attached hydrogens (primary N) is 1. The predicted octanol–water partition coefficient (Wildman–Crippen LogP) is 3.81. The fraction of sp³-hybridized carbons (Fsp3) is 0.130. The summed E-state index contributed by atoms with van der Waals surface area (Å²) in [5.74, 6) is -1.91. The molecule has 0 atom stereocenters. The van der Waals surface area contributed by atoms with E-state index in [-0.39, 0.29) is 30.2 Å². The van der Waals surface area contributed by atoms with E-state index in [0.29, 0.717) is 5.56 Å². The number of esters is 1. The zero-order chi connectivity index (χ0) is 19.7. The molecule has 28 heavy (non-hydrogen) atoms. The summed E-state index contributed by atoms with van der Waals surface area (Å²) in [4.78, 5) is 24.2. The molecule has 4 rings (SSSR count). The molecule has 0 saturated heterocycles. The number of ether oxygens (including phenoxy) is 1. The van der Waals surface area contributed by atoms with Gasteiger partial charge in [0.15, 0.2) is 0 Å². The summed E-state index contributed by atoms with van der Waals surface area (Å²) >= 11 is 0. The van der Waals surface area contributed by atoms with Crippen molar-refractivity contribution in [2.45, 2.75) is 12.5 Å². The number of hydrogen-bond acceptors (Lipinski definition) is 4. The van der Waals surface area contributed by atoms with E-state index in [1.54, 1.807) is 6.07 Å². The van der Waals surface area contributed by atoms with Crippen LogP contribution in [0.4, 0.5) is 0 Å². The molecule has 3 aromatic carbocycles. The summed E-state index contributed by atoms with van der Waals surface area (Å²) in [5, 5.41) is 9.38. The number of carboxylic acid groups (broad SMARTS) is 1. The van der Waals surface area contributed by atoms with E-state index < -0.39 is 11.9 Å². The maximum absolute atomic E-state index is 12.7. The van der Waals surface area contributed by atoms with Crippen LogP contribution in [0.3, 0.4) is 0 Å². The average molecular weight is 373 g/mol. The largest absolute Gasteiger partial charge is 0.478 e. The number of benzene rings is 3. The minimum atomic E-state index is -1.17. The van der Waals surface area contributed by atoms with Crippen LogP contribution >= 0.6 is 0 Å². The molecule has 140 valence electrons. The minimum absolute atomic E-state index is 0.0232. The predicted molar refractivity (Wildman–Crippen MR) is 105 cm³/mol. The first-order valence-electron chi connectivity index (χ1n) is 9.01. The molecule has 0 unspecified atom stereocenters. The van der Waals surface area contributed by atoms with E-state index in [0.717, 1.165) is 22.3 Å². The second-order valence-corrected chi connectivity index (χ2v) is 6.71. The lowest BCUT2D eigenvalue weighted by Crippen LogP contribution is -2.16. The van der Waals surface area contributed by atoms with Crippen LogP contribution in [0.5, 0.6) is 0 Å². The van der Waals surface area contributed by atoms with E-state index in [2.05, 4.69) is 12.1 Å². The number of carbonyl (C=O) groups excluding carboxylic acids is 1. The Kier molecular flexibility index (Phi) is 4.67. The van der Waals surface area contributed by atoms with Crippen molar-refractivity contribution in [2.75, 3.05) is 6.61 Å². The molecule has 3 aromatic rings. The Labute approximate surface area is 162 Å². The Morgan fingerprint density at radius 3 is 2.07 bits per heavy atom. The van der Waals surface area contributed by atoms with Crippen LogP contribution in [0.25, 0.3) is 11.1 Å². The molecule has 5 nitrogen and oxygen atoms in total. The number of hydrogen-bond donors (Lipinski definition) is 2. The molecule has 0 saturated carbocycles. The van der Waals surface area contributed by atoms with Gasteiger partial charge in [-0.1, -0.05) is 54.6 Å². The zero-order valence-electron chi connectivity index (χ0n) is 15.1. The summed E-state index contributed by atoms with van der Waals surface area (Å²) in [6, 6.07) is 20.6. The molecular weight excluding hydrogens is 354 g/mol. The van der Waals surface area contributed by atoms with Gasteiger partial charge in [0.1, 0.15) is 6.61 Å². The fourth-order valence-corrected chi connectivity index (χ4v) is 3.75. The van der Waals surface area contributed by atoms with Crippen molar-refractivity contribution in [3.05, 3.63) is 94.5 Å². The Morgan fingerprint density at radius 1 is 0.893 bits per heavy atom. The first-order chi connectivity index (χ1) is 13.6. The maximum atomic E-state index is 12.7. The third-order valence-electron chi connectivity index (χ3n) is 5.11. The molecule has 0 heterocycles. The van der Waals surface area contributed by atoms with Crippen LogP contribution in [-0.4, -0.2) is 23.7 Å². The van der Waals surface area contributed by atoms with Gasteiger partial charge in [0.25, 0.3) is 0 Å². The highest BCUT2D eigenvalue weighted by Gasteiger charge is 2.29. The van der Waals surface area contributed by atoms with Gasteiger partial charge in [0.05, 0.1) is 11.1 Å². The topological polar surface area (TPSA) is 89.6 Å².